The van der Waals surface area contributed by atoms with E-state index in [1.807, 2.05) is 6.07 Å². The van der Waals surface area contributed by atoms with Crippen LogP contribution in [0.3, 0.4) is 0 Å². The van der Waals surface area contributed by atoms with Crippen LogP contribution >= 0.6 is 15.9 Å². The van der Waals surface area contributed by atoms with Crippen molar-refractivity contribution in [2.45, 2.75) is 45.1 Å². The lowest BCUT2D eigenvalue weighted by Gasteiger charge is -2.37. The highest BCUT2D eigenvalue weighted by atomic mass is 79.9. The van der Waals surface area contributed by atoms with Gasteiger partial charge >= 0.3 is 0 Å². The molecule has 1 saturated carbocycles. The van der Waals surface area contributed by atoms with Crippen LogP contribution in [-0.4, -0.2) is 0 Å². The van der Waals surface area contributed by atoms with Gasteiger partial charge in [0.2, 0.25) is 0 Å². The lowest BCUT2D eigenvalue weighted by atomic mass is 9.72. The number of hydrogen-bond acceptors (Lipinski definition) is 2. The molecule has 1 fully saturated rings. The molecule has 106 valence electrons. The first kappa shape index (κ1) is 14.9. The Hall–Kier alpha value is -0.450. The molecule has 0 amide bonds. The molecule has 0 heterocycles. The van der Waals surface area contributed by atoms with Crippen molar-refractivity contribution in [3.05, 3.63) is 34.1 Å². The lowest BCUT2D eigenvalue weighted by Crippen LogP contribution is -2.38. The largest absolute Gasteiger partial charge is 0.271 e. The molecule has 3 unspecified atom stereocenters. The molecule has 1 aromatic carbocycles. The molecular formula is C15H22BrFN2. The van der Waals surface area contributed by atoms with Gasteiger partial charge in [0.05, 0.1) is 10.5 Å². The van der Waals surface area contributed by atoms with E-state index in [2.05, 4.69) is 28.3 Å². The van der Waals surface area contributed by atoms with Gasteiger partial charge < -0.3 is 0 Å². The van der Waals surface area contributed by atoms with Gasteiger partial charge in [-0.25, -0.2) is 4.39 Å². The third-order valence-electron chi connectivity index (χ3n) is 4.42. The Morgan fingerprint density at radius 3 is 2.84 bits per heavy atom. The Morgan fingerprint density at radius 1 is 1.42 bits per heavy atom. The van der Waals surface area contributed by atoms with Gasteiger partial charge in [-0.15, -0.1) is 0 Å². The third kappa shape index (κ3) is 3.18. The molecule has 2 nitrogen and oxygen atoms in total. The van der Waals surface area contributed by atoms with Crippen LogP contribution in [0.4, 0.5) is 4.39 Å². The minimum Gasteiger partial charge on any atom is -0.271 e. The zero-order valence-corrected chi connectivity index (χ0v) is 12.9. The fraction of sp³-hybridized carbons (Fsp3) is 0.600. The molecule has 4 heteroatoms. The summed E-state index contributed by atoms with van der Waals surface area (Å²) in [4.78, 5) is 0. The number of halogens is 2. The van der Waals surface area contributed by atoms with Crippen LogP contribution in [0, 0.1) is 17.7 Å². The number of nitrogens with two attached hydrogens (primary N) is 1. The maximum Gasteiger partial charge on any atom is 0.137 e. The van der Waals surface area contributed by atoms with E-state index in [1.165, 1.54) is 25.3 Å². The van der Waals surface area contributed by atoms with Gasteiger partial charge in [-0.1, -0.05) is 44.7 Å². The van der Waals surface area contributed by atoms with E-state index in [-0.39, 0.29) is 11.9 Å². The monoisotopic (exact) mass is 328 g/mol. The van der Waals surface area contributed by atoms with Crippen molar-refractivity contribution in [2.24, 2.45) is 17.7 Å². The maximum atomic E-state index is 13.7. The molecule has 2 rings (SSSR count). The fourth-order valence-electron chi connectivity index (χ4n) is 3.39. The molecule has 0 aromatic heterocycles. The van der Waals surface area contributed by atoms with Crippen LogP contribution < -0.4 is 11.3 Å². The molecular weight excluding hydrogens is 307 g/mol. The molecule has 0 aliphatic heterocycles. The SMILES string of the molecule is CCC1CCCCC1C(NN)c1cccc(F)c1Br. The van der Waals surface area contributed by atoms with Gasteiger partial charge in [0.1, 0.15) is 5.82 Å². The third-order valence-corrected chi connectivity index (χ3v) is 5.25. The van der Waals surface area contributed by atoms with E-state index in [0.29, 0.717) is 16.3 Å². The summed E-state index contributed by atoms with van der Waals surface area (Å²) in [7, 11) is 0. The lowest BCUT2D eigenvalue weighted by molar-refractivity contribution is 0.175. The molecule has 19 heavy (non-hydrogen) atoms. The molecule has 0 saturated heterocycles. The summed E-state index contributed by atoms with van der Waals surface area (Å²) >= 11 is 3.36. The quantitative estimate of drug-likeness (QED) is 0.638. The summed E-state index contributed by atoms with van der Waals surface area (Å²) in [5, 5.41) is 0. The highest BCUT2D eigenvalue weighted by molar-refractivity contribution is 9.10. The second-order valence-corrected chi connectivity index (χ2v) is 6.20. The summed E-state index contributed by atoms with van der Waals surface area (Å²) in [6.45, 7) is 2.23. The van der Waals surface area contributed by atoms with Crippen molar-refractivity contribution in [3.63, 3.8) is 0 Å². The topological polar surface area (TPSA) is 38.0 Å². The van der Waals surface area contributed by atoms with E-state index < -0.39 is 0 Å². The highest BCUT2D eigenvalue weighted by Crippen LogP contribution is 2.41. The highest BCUT2D eigenvalue weighted by Gasteiger charge is 2.32. The Bertz CT molecular complexity index is 425. The summed E-state index contributed by atoms with van der Waals surface area (Å²) < 4.78 is 14.2. The van der Waals surface area contributed by atoms with Crippen molar-refractivity contribution in [2.75, 3.05) is 0 Å². The van der Waals surface area contributed by atoms with Crippen molar-refractivity contribution < 1.29 is 4.39 Å². The standard InChI is InChI=1S/C15H22BrFN2/c1-2-10-6-3-4-7-11(10)15(19-18)12-8-5-9-13(17)14(12)16/h5,8-11,15,19H,2-4,6-7,18H2,1H3. The predicted octanol–water partition coefficient (Wildman–Crippen LogP) is 4.31. The Balaban J connectivity index is 2.30. The number of nitrogens with one attached hydrogen (secondary N) is 1. The normalized spacial score (nSPS) is 25.3. The van der Waals surface area contributed by atoms with Crippen LogP contribution in [0.2, 0.25) is 0 Å². The average Bonchev–Trinajstić information content (AvgIpc) is 2.45. The average molecular weight is 329 g/mol. The van der Waals surface area contributed by atoms with Gasteiger partial charge in [0.25, 0.3) is 0 Å². The summed E-state index contributed by atoms with van der Waals surface area (Å²) in [5.74, 6) is 6.72. The summed E-state index contributed by atoms with van der Waals surface area (Å²) in [6.07, 6.45) is 6.13. The smallest absolute Gasteiger partial charge is 0.137 e. The molecule has 1 aromatic rings. The second kappa shape index (κ2) is 6.82. The van der Waals surface area contributed by atoms with Gasteiger partial charge in [0.15, 0.2) is 0 Å². The van der Waals surface area contributed by atoms with Crippen molar-refractivity contribution in [1.82, 2.24) is 5.43 Å². The number of hydrogen-bond donors (Lipinski definition) is 2. The van der Waals surface area contributed by atoms with Crippen molar-refractivity contribution in [3.8, 4) is 0 Å². The first-order valence-electron chi connectivity index (χ1n) is 7.09. The van der Waals surface area contributed by atoms with Gasteiger partial charge in [0, 0.05) is 0 Å². The zero-order chi connectivity index (χ0) is 13.8. The number of benzene rings is 1. The molecule has 3 N–H and O–H groups in total. The molecule has 0 radical (unpaired) electrons. The minimum absolute atomic E-state index is 0.0234. The van der Waals surface area contributed by atoms with E-state index in [0.717, 1.165) is 18.4 Å². The Morgan fingerprint density at radius 2 is 2.16 bits per heavy atom. The first-order valence-corrected chi connectivity index (χ1v) is 7.88. The maximum absolute atomic E-state index is 13.7. The molecule has 0 spiro atoms. The predicted molar refractivity (Wildman–Crippen MR) is 79.9 cm³/mol. The van der Waals surface area contributed by atoms with Gasteiger partial charge in [-0.3, -0.25) is 11.3 Å². The van der Waals surface area contributed by atoms with Crippen LogP contribution in [0.15, 0.2) is 22.7 Å². The zero-order valence-electron chi connectivity index (χ0n) is 11.3. The van der Waals surface area contributed by atoms with E-state index in [1.54, 1.807) is 6.07 Å². The van der Waals surface area contributed by atoms with E-state index >= 15 is 0 Å². The van der Waals surface area contributed by atoms with Crippen LogP contribution in [0.1, 0.15) is 50.6 Å². The van der Waals surface area contributed by atoms with Crippen molar-refractivity contribution in [1.29, 1.82) is 0 Å². The van der Waals surface area contributed by atoms with Crippen LogP contribution in [-0.2, 0) is 0 Å². The Kier molecular flexibility index (Phi) is 5.37. The van der Waals surface area contributed by atoms with Crippen LogP contribution in [0.5, 0.6) is 0 Å². The Labute approximate surface area is 123 Å². The first-order chi connectivity index (χ1) is 9.19. The van der Waals surface area contributed by atoms with Crippen LogP contribution in [0.25, 0.3) is 0 Å². The minimum atomic E-state index is -0.221. The fourth-order valence-corrected chi connectivity index (χ4v) is 3.90. The van der Waals surface area contributed by atoms with Gasteiger partial charge in [-0.05, 0) is 45.8 Å². The van der Waals surface area contributed by atoms with Gasteiger partial charge in [-0.2, -0.15) is 0 Å². The summed E-state index contributed by atoms with van der Waals surface area (Å²) in [5.41, 5.74) is 3.86. The number of rotatable bonds is 4. The van der Waals surface area contributed by atoms with E-state index in [9.17, 15) is 4.39 Å². The second-order valence-electron chi connectivity index (χ2n) is 5.40. The number of hydrazine groups is 1. The molecule has 3 atom stereocenters. The van der Waals surface area contributed by atoms with E-state index in [4.69, 9.17) is 5.84 Å². The summed E-state index contributed by atoms with van der Waals surface area (Å²) in [6, 6.07) is 5.21. The van der Waals surface area contributed by atoms with Crippen molar-refractivity contribution >= 4 is 15.9 Å². The molecule has 1 aliphatic carbocycles. The molecule has 0 bridgehead atoms. The molecule has 1 aliphatic rings.